The van der Waals surface area contributed by atoms with Crippen LogP contribution < -0.4 is 16.4 Å². The summed E-state index contributed by atoms with van der Waals surface area (Å²) in [4.78, 5) is 33.5. The van der Waals surface area contributed by atoms with E-state index in [2.05, 4.69) is 10.6 Å². The monoisotopic (exact) mass is 279 g/mol. The maximum Gasteiger partial charge on any atom is 0.312 e. The summed E-state index contributed by atoms with van der Waals surface area (Å²) < 4.78 is 0. The van der Waals surface area contributed by atoms with Crippen molar-refractivity contribution in [1.29, 1.82) is 0 Å². The summed E-state index contributed by atoms with van der Waals surface area (Å²) in [5.41, 5.74) is 5.68. The molecule has 1 unspecified atom stereocenters. The minimum absolute atomic E-state index is 0.0450. The molecule has 0 aliphatic rings. The van der Waals surface area contributed by atoms with E-state index >= 15 is 0 Å². The van der Waals surface area contributed by atoms with E-state index in [1.165, 1.54) is 0 Å². The number of carbonyl (C=O) groups excluding carboxylic acids is 2. The number of hydrogen-bond donors (Lipinski definition) is 4. The van der Waals surface area contributed by atoms with Crippen LogP contribution in [0, 0.1) is 0 Å². The lowest BCUT2D eigenvalue weighted by atomic mass is 9.99. The number of carbonyl (C=O) groups is 3. The third-order valence-electron chi connectivity index (χ3n) is 2.63. The second-order valence-electron chi connectivity index (χ2n) is 4.09. The second kappa shape index (κ2) is 7.90. The van der Waals surface area contributed by atoms with E-state index in [1.54, 1.807) is 30.3 Å². The third kappa shape index (κ3) is 5.07. The SMILES string of the molecule is NCC(=O)NCC(=O)NCC(C(=O)O)c1ccccc1. The van der Waals surface area contributed by atoms with E-state index in [4.69, 9.17) is 10.8 Å². The number of nitrogens with two attached hydrogens (primary N) is 1. The van der Waals surface area contributed by atoms with E-state index in [1.807, 2.05) is 0 Å². The Morgan fingerprint density at radius 2 is 1.75 bits per heavy atom. The number of amides is 2. The standard InChI is InChI=1S/C13H17N3O4/c14-6-11(17)16-8-12(18)15-7-10(13(19)20)9-4-2-1-3-5-9/h1-5,10H,6-8,14H2,(H,15,18)(H,16,17)(H,19,20). The van der Waals surface area contributed by atoms with Gasteiger partial charge in [0.1, 0.15) is 0 Å². The van der Waals surface area contributed by atoms with Crippen LogP contribution in [-0.2, 0) is 14.4 Å². The van der Waals surface area contributed by atoms with Crippen molar-refractivity contribution in [2.45, 2.75) is 5.92 Å². The first-order chi connectivity index (χ1) is 9.54. The maximum atomic E-state index is 11.5. The molecule has 1 aromatic carbocycles. The van der Waals surface area contributed by atoms with Crippen LogP contribution in [0.25, 0.3) is 0 Å². The van der Waals surface area contributed by atoms with Crippen LogP contribution in [0.15, 0.2) is 30.3 Å². The van der Waals surface area contributed by atoms with Gasteiger partial charge in [0.05, 0.1) is 19.0 Å². The zero-order chi connectivity index (χ0) is 15.0. The molecule has 7 nitrogen and oxygen atoms in total. The fraction of sp³-hybridized carbons (Fsp3) is 0.308. The molecule has 0 saturated heterocycles. The molecule has 0 fully saturated rings. The molecule has 5 N–H and O–H groups in total. The Morgan fingerprint density at radius 3 is 2.30 bits per heavy atom. The van der Waals surface area contributed by atoms with Gasteiger partial charge in [-0.15, -0.1) is 0 Å². The van der Waals surface area contributed by atoms with Crippen molar-refractivity contribution >= 4 is 17.8 Å². The molecule has 108 valence electrons. The maximum absolute atomic E-state index is 11.5. The minimum Gasteiger partial charge on any atom is -0.481 e. The molecule has 1 aromatic rings. The lowest BCUT2D eigenvalue weighted by Crippen LogP contribution is -2.41. The fourth-order valence-electron chi connectivity index (χ4n) is 1.56. The van der Waals surface area contributed by atoms with Gasteiger partial charge >= 0.3 is 5.97 Å². The highest BCUT2D eigenvalue weighted by molar-refractivity contribution is 5.86. The highest BCUT2D eigenvalue weighted by Gasteiger charge is 2.20. The Balaban J connectivity index is 2.50. The highest BCUT2D eigenvalue weighted by Crippen LogP contribution is 2.14. The summed E-state index contributed by atoms with van der Waals surface area (Å²) in [7, 11) is 0. The summed E-state index contributed by atoms with van der Waals surface area (Å²) in [5.74, 6) is -2.76. The van der Waals surface area contributed by atoms with Crippen LogP contribution in [0.3, 0.4) is 0 Å². The zero-order valence-electron chi connectivity index (χ0n) is 10.8. The van der Waals surface area contributed by atoms with Crippen LogP contribution in [0.1, 0.15) is 11.5 Å². The van der Waals surface area contributed by atoms with Gasteiger partial charge in [-0.25, -0.2) is 0 Å². The summed E-state index contributed by atoms with van der Waals surface area (Å²) >= 11 is 0. The quantitative estimate of drug-likeness (QED) is 0.512. The first-order valence-corrected chi connectivity index (χ1v) is 6.05. The number of aliphatic carboxylic acids is 1. The van der Waals surface area contributed by atoms with Crippen LogP contribution in [-0.4, -0.2) is 42.5 Å². The molecular formula is C13H17N3O4. The predicted molar refractivity (Wildman–Crippen MR) is 71.9 cm³/mol. The third-order valence-corrected chi connectivity index (χ3v) is 2.63. The van der Waals surface area contributed by atoms with Gasteiger partial charge in [-0.3, -0.25) is 14.4 Å². The molecule has 2 amide bonds. The molecule has 0 aliphatic carbocycles. The number of hydrogen-bond acceptors (Lipinski definition) is 4. The predicted octanol–water partition coefficient (Wildman–Crippen LogP) is -0.954. The van der Waals surface area contributed by atoms with E-state index in [0.29, 0.717) is 5.56 Å². The molecule has 0 aliphatic heterocycles. The summed E-state index contributed by atoms with van der Waals surface area (Å²) in [6.07, 6.45) is 0. The van der Waals surface area contributed by atoms with Gasteiger partial charge in [0.15, 0.2) is 0 Å². The number of benzene rings is 1. The van der Waals surface area contributed by atoms with Crippen molar-refractivity contribution in [2.24, 2.45) is 5.73 Å². The van der Waals surface area contributed by atoms with Gasteiger partial charge in [-0.2, -0.15) is 0 Å². The summed E-state index contributed by atoms with van der Waals surface area (Å²) in [6.45, 7) is -0.469. The normalized spacial score (nSPS) is 11.4. The molecule has 1 rings (SSSR count). The highest BCUT2D eigenvalue weighted by atomic mass is 16.4. The second-order valence-corrected chi connectivity index (χ2v) is 4.09. The van der Waals surface area contributed by atoms with Gasteiger partial charge in [0, 0.05) is 6.54 Å². The number of carboxylic acids is 1. The van der Waals surface area contributed by atoms with Crippen molar-refractivity contribution < 1.29 is 19.5 Å². The molecule has 0 radical (unpaired) electrons. The topological polar surface area (TPSA) is 122 Å². The molecule has 0 bridgehead atoms. The van der Waals surface area contributed by atoms with Gasteiger partial charge in [-0.1, -0.05) is 30.3 Å². The van der Waals surface area contributed by atoms with Crippen molar-refractivity contribution in [1.82, 2.24) is 10.6 Å². The number of rotatable bonds is 7. The van der Waals surface area contributed by atoms with E-state index in [-0.39, 0.29) is 19.6 Å². The van der Waals surface area contributed by atoms with Crippen molar-refractivity contribution in [3.8, 4) is 0 Å². The molecular weight excluding hydrogens is 262 g/mol. The average molecular weight is 279 g/mol. The lowest BCUT2D eigenvalue weighted by Gasteiger charge is -2.14. The van der Waals surface area contributed by atoms with Gasteiger partial charge < -0.3 is 21.5 Å². The van der Waals surface area contributed by atoms with Crippen molar-refractivity contribution in [2.75, 3.05) is 19.6 Å². The minimum atomic E-state index is -1.03. The molecule has 1 atom stereocenters. The summed E-state index contributed by atoms with van der Waals surface area (Å²) in [5, 5.41) is 13.9. The average Bonchev–Trinajstić information content (AvgIpc) is 2.45. The Bertz CT molecular complexity index is 476. The largest absolute Gasteiger partial charge is 0.481 e. The van der Waals surface area contributed by atoms with Crippen LogP contribution in [0.2, 0.25) is 0 Å². The number of nitrogens with one attached hydrogen (secondary N) is 2. The van der Waals surface area contributed by atoms with Crippen LogP contribution in [0.5, 0.6) is 0 Å². The molecule has 0 saturated carbocycles. The smallest absolute Gasteiger partial charge is 0.312 e. The first-order valence-electron chi connectivity index (χ1n) is 6.05. The summed E-state index contributed by atoms with van der Waals surface area (Å²) in [6, 6.07) is 8.61. The van der Waals surface area contributed by atoms with E-state index in [9.17, 15) is 14.4 Å². The Kier molecular flexibility index (Phi) is 6.18. The molecule has 0 heterocycles. The van der Waals surface area contributed by atoms with E-state index < -0.39 is 23.7 Å². The van der Waals surface area contributed by atoms with Crippen molar-refractivity contribution in [3.63, 3.8) is 0 Å². The first kappa shape index (κ1) is 15.6. The zero-order valence-corrected chi connectivity index (χ0v) is 10.8. The Labute approximate surface area is 116 Å². The molecule has 7 heteroatoms. The van der Waals surface area contributed by atoms with Crippen molar-refractivity contribution in [3.05, 3.63) is 35.9 Å². The van der Waals surface area contributed by atoms with Gasteiger partial charge in [-0.05, 0) is 5.56 Å². The van der Waals surface area contributed by atoms with Gasteiger partial charge in [0.2, 0.25) is 11.8 Å². The van der Waals surface area contributed by atoms with E-state index in [0.717, 1.165) is 0 Å². The Morgan fingerprint density at radius 1 is 1.10 bits per heavy atom. The molecule has 0 aromatic heterocycles. The van der Waals surface area contributed by atoms with Gasteiger partial charge in [0.25, 0.3) is 0 Å². The van der Waals surface area contributed by atoms with Crippen LogP contribution >= 0.6 is 0 Å². The lowest BCUT2D eigenvalue weighted by molar-refractivity contribution is -0.138. The molecule has 0 spiro atoms. The molecule has 20 heavy (non-hydrogen) atoms. The fourth-order valence-corrected chi connectivity index (χ4v) is 1.56. The Hall–Kier alpha value is -2.41. The number of carboxylic acid groups (broad SMARTS) is 1. The van der Waals surface area contributed by atoms with Crippen LogP contribution in [0.4, 0.5) is 0 Å².